The van der Waals surface area contributed by atoms with Crippen LogP contribution in [0.15, 0.2) is 77.1 Å². The van der Waals surface area contributed by atoms with Gasteiger partial charge in [0.2, 0.25) is 0 Å². The highest BCUT2D eigenvalue weighted by molar-refractivity contribution is 6.04. The number of rotatable bonds is 6. The van der Waals surface area contributed by atoms with Crippen LogP contribution in [0.3, 0.4) is 0 Å². The molecule has 2 aliphatic rings. The van der Waals surface area contributed by atoms with Crippen LogP contribution < -0.4 is 5.32 Å². The zero-order valence-electron chi connectivity index (χ0n) is 18.2. The molecule has 6 heteroatoms. The summed E-state index contributed by atoms with van der Waals surface area (Å²) in [6.45, 7) is 2.09. The molecule has 0 saturated carbocycles. The van der Waals surface area contributed by atoms with Gasteiger partial charge in [-0.25, -0.2) is 9.18 Å². The van der Waals surface area contributed by atoms with Crippen LogP contribution in [0.5, 0.6) is 0 Å². The average Bonchev–Trinajstić information content (AvgIpc) is 2.79. The molecule has 0 amide bonds. The van der Waals surface area contributed by atoms with Gasteiger partial charge in [-0.2, -0.15) is 0 Å². The number of ketones is 1. The van der Waals surface area contributed by atoms with Crippen LogP contribution in [0.4, 0.5) is 4.39 Å². The number of methoxy groups -OCH3 is 1. The molecule has 1 aliphatic carbocycles. The fourth-order valence-electron chi connectivity index (χ4n) is 4.59. The largest absolute Gasteiger partial charge is 0.460 e. The summed E-state index contributed by atoms with van der Waals surface area (Å²) in [5.74, 6) is -1.91. The van der Waals surface area contributed by atoms with Crippen LogP contribution in [0.25, 0.3) is 0 Å². The van der Waals surface area contributed by atoms with E-state index in [1.165, 1.54) is 13.2 Å². The number of nitrogens with one attached hydrogen (secondary N) is 1. The highest BCUT2D eigenvalue weighted by Crippen LogP contribution is 2.46. The summed E-state index contributed by atoms with van der Waals surface area (Å²) in [5.41, 5.74) is 3.41. The van der Waals surface area contributed by atoms with E-state index in [9.17, 15) is 14.0 Å². The van der Waals surface area contributed by atoms with E-state index in [-0.39, 0.29) is 30.5 Å². The van der Waals surface area contributed by atoms with E-state index in [1.807, 2.05) is 30.3 Å². The summed E-state index contributed by atoms with van der Waals surface area (Å²) in [7, 11) is 1.52. The van der Waals surface area contributed by atoms with E-state index < -0.39 is 17.7 Å². The quantitative estimate of drug-likeness (QED) is 0.539. The lowest BCUT2D eigenvalue weighted by Gasteiger charge is -2.36. The third kappa shape index (κ3) is 4.23. The maximum absolute atomic E-state index is 14.9. The molecule has 4 rings (SSSR count). The van der Waals surface area contributed by atoms with Crippen molar-refractivity contribution in [2.45, 2.75) is 31.6 Å². The Morgan fingerprint density at radius 3 is 2.50 bits per heavy atom. The van der Waals surface area contributed by atoms with Crippen LogP contribution in [-0.2, 0) is 19.1 Å². The van der Waals surface area contributed by atoms with Crippen molar-refractivity contribution in [1.29, 1.82) is 0 Å². The number of carbonyl (C=O) groups is 2. The third-order valence-electron chi connectivity index (χ3n) is 6.06. The number of carbonyl (C=O) groups excluding carboxylic acids is 2. The van der Waals surface area contributed by atoms with Crippen LogP contribution in [-0.4, -0.2) is 32.1 Å². The predicted octanol–water partition coefficient (Wildman–Crippen LogP) is 4.38. The van der Waals surface area contributed by atoms with Gasteiger partial charge in [0.05, 0.1) is 18.1 Å². The number of halogens is 1. The number of ether oxygens (including phenoxy) is 2. The molecular formula is C26H26FNO4. The molecule has 1 heterocycles. The van der Waals surface area contributed by atoms with Gasteiger partial charge in [-0.3, -0.25) is 4.79 Å². The van der Waals surface area contributed by atoms with E-state index in [0.717, 1.165) is 11.3 Å². The molecule has 0 bridgehead atoms. The van der Waals surface area contributed by atoms with Crippen molar-refractivity contribution in [3.05, 3.63) is 94.1 Å². The second-order valence-electron chi connectivity index (χ2n) is 8.08. The molecule has 0 radical (unpaired) electrons. The van der Waals surface area contributed by atoms with Gasteiger partial charge >= 0.3 is 5.97 Å². The Morgan fingerprint density at radius 1 is 1.06 bits per heavy atom. The minimum atomic E-state index is -0.813. The topological polar surface area (TPSA) is 64.6 Å². The Balaban J connectivity index is 1.77. The van der Waals surface area contributed by atoms with Gasteiger partial charge in [0.1, 0.15) is 12.4 Å². The number of Topliss-reactive ketones (excluding diaryl/α,β-unsaturated/α-hetero) is 1. The fraction of sp³-hybridized carbons (Fsp3) is 0.308. The lowest BCUT2D eigenvalue weighted by Crippen LogP contribution is -2.36. The molecular weight excluding hydrogens is 409 g/mol. The first-order valence-electron chi connectivity index (χ1n) is 10.7. The van der Waals surface area contributed by atoms with Crippen LogP contribution >= 0.6 is 0 Å². The second kappa shape index (κ2) is 9.49. The lowest BCUT2D eigenvalue weighted by atomic mass is 9.71. The Labute approximate surface area is 186 Å². The van der Waals surface area contributed by atoms with E-state index in [2.05, 4.69) is 5.32 Å². The highest BCUT2D eigenvalue weighted by atomic mass is 19.1. The number of hydrogen-bond donors (Lipinski definition) is 1. The summed E-state index contributed by atoms with van der Waals surface area (Å²) in [5, 5.41) is 3.27. The number of allylic oxidation sites excluding steroid dienone is 3. The van der Waals surface area contributed by atoms with Crippen molar-refractivity contribution in [2.75, 3.05) is 20.3 Å². The Bertz CT molecular complexity index is 1090. The zero-order chi connectivity index (χ0) is 22.7. The zero-order valence-corrected chi connectivity index (χ0v) is 18.2. The molecule has 0 unspecified atom stereocenters. The van der Waals surface area contributed by atoms with E-state index in [0.29, 0.717) is 29.7 Å². The van der Waals surface area contributed by atoms with Crippen molar-refractivity contribution < 1.29 is 23.5 Å². The molecule has 166 valence electrons. The first kappa shape index (κ1) is 22.0. The molecule has 0 saturated heterocycles. The minimum Gasteiger partial charge on any atom is -0.460 e. The van der Waals surface area contributed by atoms with Gasteiger partial charge in [-0.1, -0.05) is 48.5 Å². The second-order valence-corrected chi connectivity index (χ2v) is 8.08. The maximum atomic E-state index is 14.9. The van der Waals surface area contributed by atoms with Crippen molar-refractivity contribution in [3.63, 3.8) is 0 Å². The molecule has 1 aliphatic heterocycles. The Hall–Kier alpha value is -3.25. The Morgan fingerprint density at radius 2 is 1.78 bits per heavy atom. The molecule has 0 fully saturated rings. The first-order chi connectivity index (χ1) is 15.5. The van der Waals surface area contributed by atoms with Crippen molar-refractivity contribution in [3.8, 4) is 0 Å². The Kier molecular flexibility index (Phi) is 6.51. The average molecular weight is 435 g/mol. The summed E-state index contributed by atoms with van der Waals surface area (Å²) < 4.78 is 25.3. The molecule has 2 atom stereocenters. The van der Waals surface area contributed by atoms with Gasteiger partial charge in [-0.05, 0) is 30.9 Å². The fourth-order valence-corrected chi connectivity index (χ4v) is 4.59. The van der Waals surface area contributed by atoms with Gasteiger partial charge in [0.25, 0.3) is 0 Å². The first-order valence-corrected chi connectivity index (χ1v) is 10.7. The smallest absolute Gasteiger partial charge is 0.336 e. The molecule has 1 N–H and O–H groups in total. The molecule has 2 aromatic carbocycles. The number of esters is 1. The van der Waals surface area contributed by atoms with Crippen LogP contribution in [0.1, 0.15) is 42.7 Å². The van der Waals surface area contributed by atoms with Crippen molar-refractivity contribution >= 4 is 11.8 Å². The van der Waals surface area contributed by atoms with Gasteiger partial charge in [0.15, 0.2) is 5.78 Å². The number of benzene rings is 2. The summed E-state index contributed by atoms with van der Waals surface area (Å²) in [6.07, 6.45) is 0.917. The van der Waals surface area contributed by atoms with E-state index in [4.69, 9.17) is 9.47 Å². The maximum Gasteiger partial charge on any atom is 0.336 e. The summed E-state index contributed by atoms with van der Waals surface area (Å²) in [4.78, 5) is 26.4. The summed E-state index contributed by atoms with van der Waals surface area (Å²) in [6, 6.07) is 16.2. The van der Waals surface area contributed by atoms with Crippen molar-refractivity contribution in [1.82, 2.24) is 5.32 Å². The molecule has 32 heavy (non-hydrogen) atoms. The monoisotopic (exact) mass is 435 g/mol. The minimum absolute atomic E-state index is 0.0271. The van der Waals surface area contributed by atoms with Crippen LogP contribution in [0.2, 0.25) is 0 Å². The molecule has 2 aromatic rings. The van der Waals surface area contributed by atoms with E-state index >= 15 is 0 Å². The summed E-state index contributed by atoms with van der Waals surface area (Å²) >= 11 is 0. The van der Waals surface area contributed by atoms with Gasteiger partial charge in [-0.15, -0.1) is 0 Å². The van der Waals surface area contributed by atoms with E-state index in [1.54, 1.807) is 25.1 Å². The highest BCUT2D eigenvalue weighted by Gasteiger charge is 2.42. The number of dihydropyridines is 1. The standard InChI is InChI=1S/C26H26FNO4/c1-16-23(26(30)32-13-12-31-2)24(19-10-6-7-11-20(19)27)25-21(28-16)14-18(15-22(25)29)17-8-4-3-5-9-17/h3-11,18,24,28H,12-15H2,1-2H3/t18-,24-/m0/s1. The molecule has 0 aromatic heterocycles. The van der Waals surface area contributed by atoms with Crippen LogP contribution in [0, 0.1) is 5.82 Å². The molecule has 5 nitrogen and oxygen atoms in total. The van der Waals surface area contributed by atoms with Gasteiger partial charge in [0, 0.05) is 36.1 Å². The SMILES string of the molecule is COCCOC(=O)C1=C(C)NC2=C(C(=O)C[C@@H](c3ccccc3)C2)[C@H]1c1ccccc1F. The van der Waals surface area contributed by atoms with Crippen molar-refractivity contribution in [2.24, 2.45) is 0 Å². The molecule has 0 spiro atoms. The predicted molar refractivity (Wildman–Crippen MR) is 118 cm³/mol. The number of hydrogen-bond acceptors (Lipinski definition) is 5. The van der Waals surface area contributed by atoms with Gasteiger partial charge < -0.3 is 14.8 Å². The lowest BCUT2D eigenvalue weighted by molar-refractivity contribution is -0.140. The third-order valence-corrected chi connectivity index (χ3v) is 6.06. The normalized spacial score (nSPS) is 20.7.